The number of rotatable bonds is 2. The Morgan fingerprint density at radius 2 is 2.27 bits per heavy atom. The summed E-state index contributed by atoms with van der Waals surface area (Å²) >= 11 is 0. The average molecular weight is 149 g/mol. The second-order valence-corrected chi connectivity index (χ2v) is 2.22. The number of aldehydes is 1. The molecule has 0 aromatic carbocycles. The van der Waals surface area contributed by atoms with Crippen LogP contribution in [0.5, 0.6) is 0 Å². The van der Waals surface area contributed by atoms with E-state index in [2.05, 4.69) is 0 Å². The molecule has 11 heavy (non-hydrogen) atoms. The summed E-state index contributed by atoms with van der Waals surface area (Å²) < 4.78 is 0. The SMILES string of the molecule is CCN1C=CC=CC=C1C=O. The molecule has 0 atom stereocenters. The zero-order chi connectivity index (χ0) is 8.10. The molecular weight excluding hydrogens is 138 g/mol. The van der Waals surface area contributed by atoms with Crippen molar-refractivity contribution >= 4 is 6.29 Å². The molecule has 0 radical (unpaired) electrons. The van der Waals surface area contributed by atoms with Gasteiger partial charge in [-0.25, -0.2) is 0 Å². The average Bonchev–Trinajstić information content (AvgIpc) is 2.27. The van der Waals surface area contributed by atoms with Crippen LogP contribution in [-0.2, 0) is 4.79 Å². The topological polar surface area (TPSA) is 20.3 Å². The van der Waals surface area contributed by atoms with Crippen LogP contribution in [0.4, 0.5) is 0 Å². The largest absolute Gasteiger partial charge is 0.346 e. The molecule has 2 heteroatoms. The van der Waals surface area contributed by atoms with Crippen LogP contribution >= 0.6 is 0 Å². The lowest BCUT2D eigenvalue weighted by Gasteiger charge is -2.15. The van der Waals surface area contributed by atoms with E-state index >= 15 is 0 Å². The molecule has 0 fully saturated rings. The number of carbonyl (C=O) groups excluding carboxylic acids is 1. The summed E-state index contributed by atoms with van der Waals surface area (Å²) in [6.45, 7) is 2.83. The normalized spacial score (nSPS) is 16.1. The lowest BCUT2D eigenvalue weighted by molar-refractivity contribution is -0.105. The van der Waals surface area contributed by atoms with Gasteiger partial charge in [-0.3, -0.25) is 4.79 Å². The number of likely N-dealkylation sites (N-methyl/N-ethyl adjacent to an activating group) is 1. The fourth-order valence-corrected chi connectivity index (χ4v) is 0.949. The summed E-state index contributed by atoms with van der Waals surface area (Å²) in [5.41, 5.74) is 0.706. The van der Waals surface area contributed by atoms with Crippen LogP contribution in [0.3, 0.4) is 0 Å². The van der Waals surface area contributed by atoms with Crippen molar-refractivity contribution in [3.8, 4) is 0 Å². The first-order valence-electron chi connectivity index (χ1n) is 3.65. The van der Waals surface area contributed by atoms with E-state index in [9.17, 15) is 4.79 Å². The standard InChI is InChI=1S/C9H11NO/c1-2-10-7-5-3-4-6-9(10)8-11/h3-8H,2H2,1H3. The molecule has 1 rings (SSSR count). The maximum atomic E-state index is 10.5. The van der Waals surface area contributed by atoms with E-state index in [-0.39, 0.29) is 0 Å². The Morgan fingerprint density at radius 1 is 1.45 bits per heavy atom. The molecule has 0 bridgehead atoms. The first-order valence-corrected chi connectivity index (χ1v) is 3.65. The van der Waals surface area contributed by atoms with Crippen molar-refractivity contribution in [1.29, 1.82) is 0 Å². The van der Waals surface area contributed by atoms with E-state index in [4.69, 9.17) is 0 Å². The second kappa shape index (κ2) is 3.76. The highest BCUT2D eigenvalue weighted by Crippen LogP contribution is 2.05. The molecule has 0 N–H and O–H groups in total. The summed E-state index contributed by atoms with van der Waals surface area (Å²) in [4.78, 5) is 12.4. The van der Waals surface area contributed by atoms with Crippen molar-refractivity contribution in [3.05, 3.63) is 36.2 Å². The van der Waals surface area contributed by atoms with Gasteiger partial charge >= 0.3 is 0 Å². The minimum absolute atomic E-state index is 0.706. The molecular formula is C9H11NO. The van der Waals surface area contributed by atoms with Gasteiger partial charge in [0.15, 0.2) is 6.29 Å². The second-order valence-electron chi connectivity index (χ2n) is 2.22. The first-order chi connectivity index (χ1) is 5.38. The summed E-state index contributed by atoms with van der Waals surface area (Å²) in [7, 11) is 0. The zero-order valence-corrected chi connectivity index (χ0v) is 6.53. The molecule has 0 aromatic heterocycles. The van der Waals surface area contributed by atoms with Crippen molar-refractivity contribution in [2.75, 3.05) is 6.54 Å². The van der Waals surface area contributed by atoms with Gasteiger partial charge in [-0.05, 0) is 19.1 Å². The molecule has 0 unspecified atom stereocenters. The third-order valence-electron chi connectivity index (χ3n) is 1.55. The predicted molar refractivity (Wildman–Crippen MR) is 44.8 cm³/mol. The summed E-state index contributed by atoms with van der Waals surface area (Å²) in [5.74, 6) is 0. The van der Waals surface area contributed by atoms with E-state index in [1.54, 1.807) is 6.08 Å². The fourth-order valence-electron chi connectivity index (χ4n) is 0.949. The molecule has 0 saturated carbocycles. The fraction of sp³-hybridized carbons (Fsp3) is 0.222. The van der Waals surface area contributed by atoms with Crippen LogP contribution in [0.15, 0.2) is 36.2 Å². The molecule has 58 valence electrons. The Balaban J connectivity index is 2.84. The Morgan fingerprint density at radius 3 is 2.91 bits per heavy atom. The van der Waals surface area contributed by atoms with Crippen LogP contribution in [-0.4, -0.2) is 17.7 Å². The molecule has 0 aromatic rings. The van der Waals surface area contributed by atoms with Crippen LogP contribution in [0.1, 0.15) is 6.92 Å². The van der Waals surface area contributed by atoms with Gasteiger partial charge in [0.1, 0.15) is 0 Å². The zero-order valence-electron chi connectivity index (χ0n) is 6.53. The van der Waals surface area contributed by atoms with E-state index < -0.39 is 0 Å². The highest BCUT2D eigenvalue weighted by atomic mass is 16.1. The number of hydrogen-bond acceptors (Lipinski definition) is 2. The van der Waals surface area contributed by atoms with Crippen molar-refractivity contribution in [2.45, 2.75) is 6.92 Å². The van der Waals surface area contributed by atoms with Crippen molar-refractivity contribution in [1.82, 2.24) is 4.90 Å². The maximum Gasteiger partial charge on any atom is 0.166 e. The lowest BCUT2D eigenvalue weighted by atomic mass is 10.4. The first kappa shape index (κ1) is 7.79. The number of nitrogens with zero attached hydrogens (tertiary/aromatic N) is 1. The Kier molecular flexibility index (Phi) is 2.66. The van der Waals surface area contributed by atoms with Gasteiger partial charge < -0.3 is 4.90 Å². The minimum Gasteiger partial charge on any atom is -0.346 e. The smallest absolute Gasteiger partial charge is 0.166 e. The molecule has 2 nitrogen and oxygen atoms in total. The molecule has 0 amide bonds. The monoisotopic (exact) mass is 149 g/mol. The molecule has 0 spiro atoms. The molecule has 0 saturated heterocycles. The summed E-state index contributed by atoms with van der Waals surface area (Å²) in [5, 5.41) is 0. The molecule has 0 aliphatic carbocycles. The Hall–Kier alpha value is -1.31. The van der Waals surface area contributed by atoms with Gasteiger partial charge in [0, 0.05) is 12.7 Å². The van der Waals surface area contributed by atoms with Gasteiger partial charge in [-0.1, -0.05) is 12.2 Å². The van der Waals surface area contributed by atoms with Crippen LogP contribution in [0.25, 0.3) is 0 Å². The number of hydrogen-bond donors (Lipinski definition) is 0. The van der Waals surface area contributed by atoms with E-state index in [1.165, 1.54) is 0 Å². The molecule has 1 aliphatic rings. The third kappa shape index (κ3) is 1.80. The van der Waals surface area contributed by atoms with Gasteiger partial charge in [0.2, 0.25) is 0 Å². The van der Waals surface area contributed by atoms with Crippen LogP contribution in [0.2, 0.25) is 0 Å². The van der Waals surface area contributed by atoms with Crippen molar-refractivity contribution in [2.24, 2.45) is 0 Å². The highest BCUT2D eigenvalue weighted by Gasteiger charge is 2.01. The minimum atomic E-state index is 0.706. The van der Waals surface area contributed by atoms with Gasteiger partial charge in [0.05, 0.1) is 5.70 Å². The van der Waals surface area contributed by atoms with Crippen molar-refractivity contribution < 1.29 is 4.79 Å². The highest BCUT2D eigenvalue weighted by molar-refractivity contribution is 5.73. The molecule has 1 aliphatic heterocycles. The van der Waals surface area contributed by atoms with Gasteiger partial charge in [-0.2, -0.15) is 0 Å². The van der Waals surface area contributed by atoms with Crippen LogP contribution in [0, 0.1) is 0 Å². The van der Waals surface area contributed by atoms with Gasteiger partial charge in [0.25, 0.3) is 0 Å². The Labute approximate surface area is 66.5 Å². The number of allylic oxidation sites excluding steroid dienone is 5. The Bertz CT molecular complexity index is 226. The van der Waals surface area contributed by atoms with Crippen molar-refractivity contribution in [3.63, 3.8) is 0 Å². The van der Waals surface area contributed by atoms with Gasteiger partial charge in [-0.15, -0.1) is 0 Å². The maximum absolute atomic E-state index is 10.5. The molecule has 1 heterocycles. The predicted octanol–water partition coefficient (Wildman–Crippen LogP) is 1.47. The summed E-state index contributed by atoms with van der Waals surface area (Å²) in [6, 6.07) is 0. The number of carbonyl (C=O) groups is 1. The third-order valence-corrected chi connectivity index (χ3v) is 1.55. The van der Waals surface area contributed by atoms with Crippen LogP contribution < -0.4 is 0 Å². The van der Waals surface area contributed by atoms with E-state index in [0.29, 0.717) is 5.70 Å². The lowest BCUT2D eigenvalue weighted by Crippen LogP contribution is -2.16. The van der Waals surface area contributed by atoms with E-state index in [0.717, 1.165) is 12.8 Å². The quantitative estimate of drug-likeness (QED) is 0.554. The van der Waals surface area contributed by atoms with E-state index in [1.807, 2.05) is 36.3 Å². The summed E-state index contributed by atoms with van der Waals surface area (Å²) in [6.07, 6.45) is 10.2.